The molecule has 0 radical (unpaired) electrons. The lowest BCUT2D eigenvalue weighted by atomic mass is 10.1. The molecule has 0 aliphatic rings. The van der Waals surface area contributed by atoms with E-state index in [0.29, 0.717) is 17.5 Å². The molecule has 0 saturated heterocycles. The molecule has 140 valence electrons. The predicted molar refractivity (Wildman–Crippen MR) is 102 cm³/mol. The third-order valence-corrected chi connectivity index (χ3v) is 4.18. The highest BCUT2D eigenvalue weighted by Gasteiger charge is 2.15. The fourth-order valence-electron chi connectivity index (χ4n) is 2.51. The van der Waals surface area contributed by atoms with E-state index in [1.165, 1.54) is 11.1 Å². The van der Waals surface area contributed by atoms with E-state index in [0.717, 1.165) is 11.3 Å². The topological polar surface area (TPSA) is 103 Å². The van der Waals surface area contributed by atoms with Gasteiger partial charge in [-0.2, -0.15) is 0 Å². The number of carbonyl (C=O) groups is 1. The van der Waals surface area contributed by atoms with Crippen LogP contribution >= 0.6 is 0 Å². The highest BCUT2D eigenvalue weighted by Crippen LogP contribution is 2.25. The van der Waals surface area contributed by atoms with Crippen LogP contribution in [0.5, 0.6) is 5.75 Å². The maximum Gasteiger partial charge on any atom is 0.255 e. The largest absolute Gasteiger partial charge is 0.484 e. The Morgan fingerprint density at radius 3 is 2.56 bits per heavy atom. The van der Waals surface area contributed by atoms with E-state index < -0.39 is 5.91 Å². The summed E-state index contributed by atoms with van der Waals surface area (Å²) in [6.07, 6.45) is 0. The van der Waals surface area contributed by atoms with Gasteiger partial charge in [-0.05, 0) is 68.3 Å². The van der Waals surface area contributed by atoms with Crippen LogP contribution in [0.25, 0.3) is 11.5 Å². The number of aryl methyl sites for hydroxylation is 2. The number of aromatic nitrogens is 2. The zero-order valence-electron chi connectivity index (χ0n) is 15.5. The summed E-state index contributed by atoms with van der Waals surface area (Å²) in [4.78, 5) is 10.7. The molecule has 0 fully saturated rings. The van der Waals surface area contributed by atoms with E-state index in [4.69, 9.17) is 14.9 Å². The molecule has 7 heteroatoms. The number of primary amides is 1. The molecule has 2 aromatic carbocycles. The van der Waals surface area contributed by atoms with Gasteiger partial charge in [0.25, 0.3) is 5.91 Å². The van der Waals surface area contributed by atoms with Gasteiger partial charge in [-0.1, -0.05) is 6.07 Å². The van der Waals surface area contributed by atoms with Gasteiger partial charge in [0.05, 0.1) is 0 Å². The third-order valence-electron chi connectivity index (χ3n) is 4.18. The number of anilines is 1. The number of nitrogens with one attached hydrogen (secondary N) is 1. The SMILES string of the molecule is Cc1ccc(-c2nnc([C@@H](C)Nc3ccc(OCC(N)=O)cc3)o2)cc1C. The molecule has 1 aromatic heterocycles. The van der Waals surface area contributed by atoms with Gasteiger partial charge < -0.3 is 20.2 Å². The second-order valence-electron chi connectivity index (χ2n) is 6.39. The maximum absolute atomic E-state index is 10.7. The summed E-state index contributed by atoms with van der Waals surface area (Å²) in [5.41, 5.74) is 9.22. The summed E-state index contributed by atoms with van der Waals surface area (Å²) in [5, 5.41) is 11.6. The van der Waals surface area contributed by atoms with Crippen molar-refractivity contribution in [3.63, 3.8) is 0 Å². The molecule has 7 nitrogen and oxygen atoms in total. The Morgan fingerprint density at radius 2 is 1.89 bits per heavy atom. The van der Waals surface area contributed by atoms with Crippen molar-refractivity contribution in [2.24, 2.45) is 5.73 Å². The van der Waals surface area contributed by atoms with Gasteiger partial charge in [0.2, 0.25) is 11.8 Å². The molecule has 0 bridgehead atoms. The van der Waals surface area contributed by atoms with Gasteiger partial charge in [-0.3, -0.25) is 4.79 Å². The van der Waals surface area contributed by atoms with Crippen LogP contribution in [0.4, 0.5) is 5.69 Å². The van der Waals surface area contributed by atoms with Crippen molar-refractivity contribution >= 4 is 11.6 Å². The molecule has 27 heavy (non-hydrogen) atoms. The number of hydrogen-bond donors (Lipinski definition) is 2. The Bertz CT molecular complexity index is 935. The quantitative estimate of drug-likeness (QED) is 0.664. The van der Waals surface area contributed by atoms with E-state index >= 15 is 0 Å². The summed E-state index contributed by atoms with van der Waals surface area (Å²) in [6.45, 7) is 5.91. The standard InChI is InChI=1S/C20H22N4O3/c1-12-4-5-15(10-13(12)2)20-24-23-19(27-20)14(3)22-16-6-8-17(9-7-16)26-11-18(21)25/h4-10,14,22H,11H2,1-3H3,(H2,21,25)/t14-/m1/s1. The van der Waals surface area contributed by atoms with Crippen LogP contribution in [0.1, 0.15) is 30.0 Å². The van der Waals surface area contributed by atoms with Gasteiger partial charge >= 0.3 is 0 Å². The van der Waals surface area contributed by atoms with E-state index in [2.05, 4.69) is 29.4 Å². The van der Waals surface area contributed by atoms with Gasteiger partial charge in [-0.15, -0.1) is 10.2 Å². The Kier molecular flexibility index (Phi) is 5.40. The van der Waals surface area contributed by atoms with E-state index in [-0.39, 0.29) is 12.6 Å². The van der Waals surface area contributed by atoms with Gasteiger partial charge in [-0.25, -0.2) is 0 Å². The molecule has 0 unspecified atom stereocenters. The Hall–Kier alpha value is -3.35. The molecule has 1 atom stereocenters. The zero-order valence-corrected chi connectivity index (χ0v) is 15.5. The van der Waals surface area contributed by atoms with Crippen molar-refractivity contribution in [2.45, 2.75) is 26.8 Å². The monoisotopic (exact) mass is 366 g/mol. The average molecular weight is 366 g/mol. The Labute approximate surface area is 157 Å². The molecule has 0 spiro atoms. The average Bonchev–Trinajstić information content (AvgIpc) is 3.13. The number of benzene rings is 2. The van der Waals surface area contributed by atoms with Crippen LogP contribution in [-0.2, 0) is 4.79 Å². The number of amides is 1. The minimum atomic E-state index is -0.512. The minimum Gasteiger partial charge on any atom is -0.484 e. The van der Waals surface area contributed by atoms with Crippen molar-refractivity contribution < 1.29 is 13.9 Å². The molecule has 1 amide bonds. The lowest BCUT2D eigenvalue weighted by Crippen LogP contribution is -2.19. The fraction of sp³-hybridized carbons (Fsp3) is 0.250. The fourth-order valence-corrected chi connectivity index (χ4v) is 2.51. The summed E-state index contributed by atoms with van der Waals surface area (Å²) >= 11 is 0. The van der Waals surface area contributed by atoms with Crippen LogP contribution in [0.3, 0.4) is 0 Å². The molecule has 0 saturated carbocycles. The Balaban J connectivity index is 1.66. The molecule has 3 N–H and O–H groups in total. The van der Waals surface area contributed by atoms with Crippen LogP contribution in [-0.4, -0.2) is 22.7 Å². The molecule has 1 heterocycles. The normalized spacial score (nSPS) is 11.8. The van der Waals surface area contributed by atoms with Crippen LogP contribution in [0.15, 0.2) is 46.9 Å². The van der Waals surface area contributed by atoms with Crippen molar-refractivity contribution in [1.29, 1.82) is 0 Å². The summed E-state index contributed by atoms with van der Waals surface area (Å²) in [5.74, 6) is 1.05. The first-order chi connectivity index (χ1) is 12.9. The van der Waals surface area contributed by atoms with E-state index in [9.17, 15) is 4.79 Å². The summed E-state index contributed by atoms with van der Waals surface area (Å²) in [6, 6.07) is 13.1. The predicted octanol–water partition coefficient (Wildman–Crippen LogP) is 3.39. The third kappa shape index (κ3) is 4.63. The first-order valence-electron chi connectivity index (χ1n) is 8.61. The molecular weight excluding hydrogens is 344 g/mol. The summed E-state index contributed by atoms with van der Waals surface area (Å²) in [7, 11) is 0. The second kappa shape index (κ2) is 7.90. The lowest BCUT2D eigenvalue weighted by Gasteiger charge is -2.12. The first-order valence-corrected chi connectivity index (χ1v) is 8.61. The number of rotatable bonds is 7. The van der Waals surface area contributed by atoms with E-state index in [1.807, 2.05) is 37.3 Å². The number of hydrogen-bond acceptors (Lipinski definition) is 6. The zero-order chi connectivity index (χ0) is 19.4. The lowest BCUT2D eigenvalue weighted by molar-refractivity contribution is -0.119. The van der Waals surface area contributed by atoms with Crippen LogP contribution in [0, 0.1) is 13.8 Å². The molecule has 0 aliphatic carbocycles. The smallest absolute Gasteiger partial charge is 0.255 e. The molecule has 3 rings (SSSR count). The second-order valence-corrected chi connectivity index (χ2v) is 6.39. The minimum absolute atomic E-state index is 0.146. The molecular formula is C20H22N4O3. The van der Waals surface area contributed by atoms with E-state index in [1.54, 1.807) is 12.1 Å². The highest BCUT2D eigenvalue weighted by molar-refractivity contribution is 5.75. The summed E-state index contributed by atoms with van der Waals surface area (Å²) < 4.78 is 11.1. The number of ether oxygens (including phenoxy) is 1. The van der Waals surface area contributed by atoms with Gasteiger partial charge in [0.1, 0.15) is 11.8 Å². The first kappa shape index (κ1) is 18.4. The maximum atomic E-state index is 10.7. The molecule has 0 aliphatic heterocycles. The number of nitrogens with zero attached hydrogens (tertiary/aromatic N) is 2. The van der Waals surface area contributed by atoms with Gasteiger partial charge in [0.15, 0.2) is 6.61 Å². The Morgan fingerprint density at radius 1 is 1.15 bits per heavy atom. The van der Waals surface area contributed by atoms with Crippen molar-refractivity contribution in [2.75, 3.05) is 11.9 Å². The highest BCUT2D eigenvalue weighted by atomic mass is 16.5. The van der Waals surface area contributed by atoms with Crippen LogP contribution in [0.2, 0.25) is 0 Å². The van der Waals surface area contributed by atoms with Crippen molar-refractivity contribution in [3.8, 4) is 17.2 Å². The van der Waals surface area contributed by atoms with Gasteiger partial charge in [0, 0.05) is 11.3 Å². The van der Waals surface area contributed by atoms with Crippen LogP contribution < -0.4 is 15.8 Å². The number of nitrogens with two attached hydrogens (primary N) is 1. The number of carbonyl (C=O) groups excluding carboxylic acids is 1. The van der Waals surface area contributed by atoms with Crippen molar-refractivity contribution in [3.05, 3.63) is 59.5 Å². The molecule has 3 aromatic rings. The van der Waals surface area contributed by atoms with Crippen molar-refractivity contribution in [1.82, 2.24) is 10.2 Å².